The molecule has 0 aromatic heterocycles. The number of nitrogens with zero attached hydrogens (tertiary/aromatic N) is 1. The van der Waals surface area contributed by atoms with Gasteiger partial charge in [0, 0.05) is 18.3 Å². The van der Waals surface area contributed by atoms with Crippen molar-refractivity contribution in [1.29, 1.82) is 0 Å². The van der Waals surface area contributed by atoms with E-state index in [9.17, 15) is 0 Å². The van der Waals surface area contributed by atoms with Crippen molar-refractivity contribution in [2.75, 3.05) is 12.3 Å². The normalized spacial score (nSPS) is 34.9. The molecule has 16 heavy (non-hydrogen) atoms. The number of aliphatic imine (C=N–C) groups is 1. The third kappa shape index (κ3) is 1.99. The Balaban J connectivity index is 1.57. The molecule has 3 heteroatoms. The highest BCUT2D eigenvalue weighted by atomic mass is 32.2. The minimum absolute atomic E-state index is 0.506. The van der Waals surface area contributed by atoms with E-state index in [1.54, 1.807) is 0 Å². The average molecular weight is 238 g/mol. The summed E-state index contributed by atoms with van der Waals surface area (Å²) in [6.45, 7) is 5.74. The Morgan fingerprint density at radius 1 is 1.31 bits per heavy atom. The molecule has 3 rings (SSSR count). The Hall–Kier alpha value is -0.180. The molecule has 0 amide bonds. The fourth-order valence-corrected chi connectivity index (χ4v) is 4.13. The van der Waals surface area contributed by atoms with Gasteiger partial charge in [-0.05, 0) is 30.1 Å². The van der Waals surface area contributed by atoms with Crippen LogP contribution in [0.4, 0.5) is 0 Å². The summed E-state index contributed by atoms with van der Waals surface area (Å²) in [4.78, 5) is 4.78. The Bertz CT molecular complexity index is 316. The molecule has 2 fully saturated rings. The van der Waals surface area contributed by atoms with E-state index in [-0.39, 0.29) is 0 Å². The van der Waals surface area contributed by atoms with Gasteiger partial charge >= 0.3 is 0 Å². The van der Waals surface area contributed by atoms with Gasteiger partial charge in [-0.3, -0.25) is 4.99 Å². The van der Waals surface area contributed by atoms with E-state index in [4.69, 9.17) is 4.99 Å². The maximum Gasteiger partial charge on any atom is 0.156 e. The van der Waals surface area contributed by atoms with Crippen molar-refractivity contribution in [3.63, 3.8) is 0 Å². The number of hydrogen-bond acceptors (Lipinski definition) is 3. The lowest BCUT2D eigenvalue weighted by molar-refractivity contribution is 0.358. The van der Waals surface area contributed by atoms with Crippen LogP contribution in [0.1, 0.15) is 46.0 Å². The Morgan fingerprint density at radius 2 is 2.00 bits per heavy atom. The summed E-state index contributed by atoms with van der Waals surface area (Å²) in [7, 11) is 0. The first kappa shape index (κ1) is 10.9. The zero-order valence-electron chi connectivity index (χ0n) is 10.4. The van der Waals surface area contributed by atoms with Gasteiger partial charge in [-0.15, -0.1) is 0 Å². The molecule has 0 radical (unpaired) electrons. The summed E-state index contributed by atoms with van der Waals surface area (Å²) < 4.78 is 0. The number of nitrogens with one attached hydrogen (secondary N) is 1. The Kier molecular flexibility index (Phi) is 2.50. The van der Waals surface area contributed by atoms with Crippen LogP contribution in [-0.2, 0) is 0 Å². The smallest absolute Gasteiger partial charge is 0.156 e. The Morgan fingerprint density at radius 3 is 2.50 bits per heavy atom. The number of rotatable bonds is 1. The fourth-order valence-electron chi connectivity index (χ4n) is 2.93. The number of amidine groups is 1. The Labute approximate surface area is 103 Å². The van der Waals surface area contributed by atoms with Gasteiger partial charge in [0.2, 0.25) is 0 Å². The van der Waals surface area contributed by atoms with Gasteiger partial charge in [0.25, 0.3) is 0 Å². The number of thioether (sulfide) groups is 1. The molecule has 1 aliphatic heterocycles. The van der Waals surface area contributed by atoms with Gasteiger partial charge in [-0.2, -0.15) is 0 Å². The van der Waals surface area contributed by atoms with Crippen LogP contribution in [0.5, 0.6) is 0 Å². The van der Waals surface area contributed by atoms with Crippen LogP contribution in [0, 0.1) is 10.8 Å². The largest absolute Gasteiger partial charge is 0.362 e. The molecular weight excluding hydrogens is 216 g/mol. The molecule has 1 heterocycles. The molecule has 1 unspecified atom stereocenters. The van der Waals surface area contributed by atoms with Gasteiger partial charge in [0.15, 0.2) is 5.17 Å². The zero-order chi connectivity index (χ0) is 11.2. The minimum Gasteiger partial charge on any atom is -0.362 e. The van der Waals surface area contributed by atoms with Crippen LogP contribution in [0.15, 0.2) is 4.99 Å². The van der Waals surface area contributed by atoms with Crippen molar-refractivity contribution in [1.82, 2.24) is 5.32 Å². The standard InChI is InChI=1S/C13H22N2S/c1-12(2)7-10(12)15-11-14-8-13(9-16-11)5-3-4-6-13/h10H,3-9H2,1-2H3,(H,14,15). The van der Waals surface area contributed by atoms with Gasteiger partial charge in [-0.25, -0.2) is 0 Å². The SMILES string of the molecule is CC1(C)CC1NC1=NCC2(CCCC2)CS1. The van der Waals surface area contributed by atoms with Gasteiger partial charge < -0.3 is 5.32 Å². The topological polar surface area (TPSA) is 24.4 Å². The van der Waals surface area contributed by atoms with Crippen LogP contribution in [0.3, 0.4) is 0 Å². The molecule has 0 saturated heterocycles. The van der Waals surface area contributed by atoms with E-state index in [0.29, 0.717) is 16.9 Å². The van der Waals surface area contributed by atoms with E-state index >= 15 is 0 Å². The third-order valence-corrected chi connectivity index (χ3v) is 5.83. The molecule has 2 nitrogen and oxygen atoms in total. The lowest BCUT2D eigenvalue weighted by Crippen LogP contribution is -2.35. The maximum atomic E-state index is 4.78. The van der Waals surface area contributed by atoms with Crippen molar-refractivity contribution in [3.05, 3.63) is 0 Å². The summed E-state index contributed by atoms with van der Waals surface area (Å²) in [5.41, 5.74) is 1.08. The molecule has 1 N–H and O–H groups in total. The molecule has 2 saturated carbocycles. The summed E-state index contributed by atoms with van der Waals surface area (Å²) in [6, 6.07) is 0.677. The third-order valence-electron chi connectivity index (χ3n) is 4.55. The van der Waals surface area contributed by atoms with E-state index < -0.39 is 0 Å². The van der Waals surface area contributed by atoms with Gasteiger partial charge in [0.05, 0.1) is 0 Å². The van der Waals surface area contributed by atoms with Crippen molar-refractivity contribution in [3.8, 4) is 0 Å². The van der Waals surface area contributed by atoms with E-state index in [1.807, 2.05) is 11.8 Å². The highest BCUT2D eigenvalue weighted by Crippen LogP contribution is 2.46. The second kappa shape index (κ2) is 3.66. The van der Waals surface area contributed by atoms with Crippen molar-refractivity contribution in [2.24, 2.45) is 15.8 Å². The molecule has 90 valence electrons. The molecule has 0 aromatic rings. The van der Waals surface area contributed by atoms with Crippen LogP contribution < -0.4 is 5.32 Å². The van der Waals surface area contributed by atoms with Gasteiger partial charge in [-0.1, -0.05) is 38.5 Å². The van der Waals surface area contributed by atoms with Crippen LogP contribution in [0.2, 0.25) is 0 Å². The number of hydrogen-bond donors (Lipinski definition) is 1. The van der Waals surface area contributed by atoms with E-state index in [0.717, 1.165) is 6.54 Å². The summed E-state index contributed by atoms with van der Waals surface area (Å²) in [5.74, 6) is 1.30. The molecule has 0 bridgehead atoms. The first-order valence-corrected chi connectivity index (χ1v) is 7.52. The van der Waals surface area contributed by atoms with Crippen molar-refractivity contribution >= 4 is 16.9 Å². The highest BCUT2D eigenvalue weighted by molar-refractivity contribution is 8.13. The predicted molar refractivity (Wildman–Crippen MR) is 71.0 cm³/mol. The van der Waals surface area contributed by atoms with Crippen LogP contribution >= 0.6 is 11.8 Å². The minimum atomic E-state index is 0.506. The molecule has 1 spiro atoms. The second-order valence-corrected chi connectivity index (χ2v) is 7.47. The molecule has 0 aromatic carbocycles. The summed E-state index contributed by atoms with van der Waals surface area (Å²) >= 11 is 1.97. The quantitative estimate of drug-likeness (QED) is 0.759. The lowest BCUT2D eigenvalue weighted by Gasteiger charge is -2.31. The highest BCUT2D eigenvalue weighted by Gasteiger charge is 2.47. The monoisotopic (exact) mass is 238 g/mol. The lowest BCUT2D eigenvalue weighted by atomic mass is 9.89. The second-order valence-electron chi connectivity index (χ2n) is 6.51. The van der Waals surface area contributed by atoms with Crippen molar-refractivity contribution < 1.29 is 0 Å². The van der Waals surface area contributed by atoms with Crippen molar-refractivity contribution in [2.45, 2.75) is 52.0 Å². The molecule has 1 atom stereocenters. The first-order chi connectivity index (χ1) is 7.60. The van der Waals surface area contributed by atoms with E-state index in [1.165, 1.54) is 43.0 Å². The van der Waals surface area contributed by atoms with Crippen LogP contribution in [0.25, 0.3) is 0 Å². The maximum absolute atomic E-state index is 4.78. The van der Waals surface area contributed by atoms with Gasteiger partial charge in [0.1, 0.15) is 0 Å². The summed E-state index contributed by atoms with van der Waals surface area (Å²) in [5, 5.41) is 4.82. The predicted octanol–water partition coefficient (Wildman–Crippen LogP) is 3.04. The fraction of sp³-hybridized carbons (Fsp3) is 0.923. The first-order valence-electron chi connectivity index (χ1n) is 6.54. The zero-order valence-corrected chi connectivity index (χ0v) is 11.2. The summed E-state index contributed by atoms with van der Waals surface area (Å²) in [6.07, 6.45) is 6.97. The molecule has 2 aliphatic carbocycles. The molecule has 3 aliphatic rings. The average Bonchev–Trinajstić information content (AvgIpc) is 2.67. The van der Waals surface area contributed by atoms with E-state index in [2.05, 4.69) is 19.2 Å². The molecular formula is C13H22N2S. The van der Waals surface area contributed by atoms with Crippen LogP contribution in [-0.4, -0.2) is 23.5 Å².